The zero-order chi connectivity index (χ0) is 16.2. The molecule has 1 fully saturated rings. The molecule has 2 heterocycles. The first-order chi connectivity index (χ1) is 11.2. The number of hydrogen-bond donors (Lipinski definition) is 0. The number of anilines is 1. The third-order valence-corrected chi connectivity index (χ3v) is 4.46. The van der Waals surface area contributed by atoms with E-state index in [0.29, 0.717) is 27.1 Å². The molecule has 0 N–H and O–H groups in total. The van der Waals surface area contributed by atoms with Crippen molar-refractivity contribution in [2.75, 3.05) is 18.0 Å². The van der Waals surface area contributed by atoms with Crippen molar-refractivity contribution in [1.29, 1.82) is 0 Å². The van der Waals surface area contributed by atoms with Gasteiger partial charge in [-0.15, -0.1) is 6.42 Å². The number of pyridine rings is 1. The summed E-state index contributed by atoms with van der Waals surface area (Å²) in [5.74, 6) is 4.36. The largest absolute Gasteiger partial charge is 0.454 e. The fourth-order valence-corrected chi connectivity index (χ4v) is 3.10. The molecule has 0 saturated carbocycles. The lowest BCUT2D eigenvalue weighted by Crippen LogP contribution is -2.30. The number of aromatic nitrogens is 1. The summed E-state index contributed by atoms with van der Waals surface area (Å²) >= 11 is 12.7. The van der Waals surface area contributed by atoms with E-state index in [1.54, 1.807) is 30.5 Å². The minimum atomic E-state index is 0.452. The lowest BCUT2D eigenvalue weighted by molar-refractivity contribution is 0.481. The van der Waals surface area contributed by atoms with E-state index in [-0.39, 0.29) is 0 Å². The number of halogens is 2. The number of hydrogen-bond acceptors (Lipinski definition) is 3. The molecule has 1 aromatic heterocycles. The Bertz CT molecular complexity index is 749. The molecule has 1 aromatic carbocycles. The Morgan fingerprint density at radius 1 is 1.09 bits per heavy atom. The van der Waals surface area contributed by atoms with Crippen LogP contribution in [-0.4, -0.2) is 18.1 Å². The zero-order valence-electron chi connectivity index (χ0n) is 12.6. The molecule has 0 amide bonds. The smallest absolute Gasteiger partial charge is 0.151 e. The Morgan fingerprint density at radius 3 is 2.57 bits per heavy atom. The van der Waals surface area contributed by atoms with Gasteiger partial charge in [-0.05, 0) is 37.5 Å². The second kappa shape index (κ2) is 7.12. The molecule has 1 aliphatic heterocycles. The van der Waals surface area contributed by atoms with Gasteiger partial charge in [0.05, 0.1) is 5.02 Å². The second-order valence-corrected chi connectivity index (χ2v) is 6.17. The molecule has 23 heavy (non-hydrogen) atoms. The second-order valence-electron chi connectivity index (χ2n) is 5.39. The van der Waals surface area contributed by atoms with Gasteiger partial charge in [0.1, 0.15) is 10.8 Å². The molecule has 5 heteroatoms. The monoisotopic (exact) mass is 346 g/mol. The number of terminal acetylenes is 1. The van der Waals surface area contributed by atoms with Crippen molar-refractivity contribution in [3.05, 3.63) is 46.1 Å². The van der Waals surface area contributed by atoms with Gasteiger partial charge in [-0.1, -0.05) is 29.1 Å². The fraction of sp³-hybridized carbons (Fsp3) is 0.278. The maximum absolute atomic E-state index is 6.50. The molecule has 1 aliphatic rings. The predicted molar refractivity (Wildman–Crippen MR) is 94.8 cm³/mol. The number of piperidine rings is 1. The normalized spacial score (nSPS) is 14.4. The number of nitrogens with zero attached hydrogens (tertiary/aromatic N) is 2. The van der Waals surface area contributed by atoms with Crippen LogP contribution in [0.2, 0.25) is 10.0 Å². The van der Waals surface area contributed by atoms with E-state index in [1.165, 1.54) is 6.42 Å². The molecule has 0 aliphatic carbocycles. The van der Waals surface area contributed by atoms with E-state index >= 15 is 0 Å². The van der Waals surface area contributed by atoms with Crippen LogP contribution in [0.15, 0.2) is 30.5 Å². The minimum absolute atomic E-state index is 0.452. The van der Waals surface area contributed by atoms with E-state index in [4.69, 9.17) is 34.4 Å². The van der Waals surface area contributed by atoms with E-state index in [1.807, 2.05) is 0 Å². The molecule has 3 nitrogen and oxygen atoms in total. The van der Waals surface area contributed by atoms with E-state index in [0.717, 1.165) is 31.7 Å². The van der Waals surface area contributed by atoms with Crippen LogP contribution in [0.4, 0.5) is 5.82 Å². The van der Waals surface area contributed by atoms with Crippen LogP contribution in [0.1, 0.15) is 24.8 Å². The van der Waals surface area contributed by atoms with Crippen LogP contribution in [0.5, 0.6) is 11.5 Å². The zero-order valence-corrected chi connectivity index (χ0v) is 14.1. The topological polar surface area (TPSA) is 25.4 Å². The first-order valence-electron chi connectivity index (χ1n) is 7.52. The van der Waals surface area contributed by atoms with Crippen molar-refractivity contribution in [2.24, 2.45) is 0 Å². The maximum Gasteiger partial charge on any atom is 0.151 e. The molecule has 1 saturated heterocycles. The van der Waals surface area contributed by atoms with Gasteiger partial charge in [-0.2, -0.15) is 0 Å². The molecule has 0 bridgehead atoms. The number of benzene rings is 1. The fourth-order valence-electron chi connectivity index (χ4n) is 2.61. The summed E-state index contributed by atoms with van der Waals surface area (Å²) in [5.41, 5.74) is 0.706. The molecule has 0 atom stereocenters. The van der Waals surface area contributed by atoms with Crippen LogP contribution in [0.3, 0.4) is 0 Å². The molecule has 0 spiro atoms. The van der Waals surface area contributed by atoms with Gasteiger partial charge >= 0.3 is 0 Å². The molecule has 0 unspecified atom stereocenters. The first-order valence-corrected chi connectivity index (χ1v) is 8.28. The summed E-state index contributed by atoms with van der Waals surface area (Å²) in [6.45, 7) is 1.93. The van der Waals surface area contributed by atoms with E-state index < -0.39 is 0 Å². The molecular formula is C18H16Cl2N2O. The third kappa shape index (κ3) is 3.55. The van der Waals surface area contributed by atoms with Crippen molar-refractivity contribution in [3.63, 3.8) is 0 Å². The van der Waals surface area contributed by atoms with Gasteiger partial charge in [0.15, 0.2) is 11.6 Å². The Balaban J connectivity index is 1.87. The van der Waals surface area contributed by atoms with Crippen molar-refractivity contribution in [2.45, 2.75) is 19.3 Å². The van der Waals surface area contributed by atoms with Gasteiger partial charge in [-0.25, -0.2) is 4.98 Å². The number of rotatable bonds is 3. The summed E-state index contributed by atoms with van der Waals surface area (Å²) in [6.07, 6.45) is 10.6. The summed E-state index contributed by atoms with van der Waals surface area (Å²) < 4.78 is 5.87. The van der Waals surface area contributed by atoms with Crippen LogP contribution in [0, 0.1) is 12.3 Å². The van der Waals surface area contributed by atoms with Crippen LogP contribution in [0.25, 0.3) is 0 Å². The van der Waals surface area contributed by atoms with Gasteiger partial charge in [-0.3, -0.25) is 0 Å². The standard InChI is InChI=1S/C18H16Cl2N2O/c1-2-13-6-7-15(14(19)12-13)23-16-8-9-21-18(17(16)20)22-10-4-3-5-11-22/h1,6-9,12H,3-5,10-11H2. The maximum atomic E-state index is 6.50. The highest BCUT2D eigenvalue weighted by atomic mass is 35.5. The molecular weight excluding hydrogens is 331 g/mol. The van der Waals surface area contributed by atoms with Crippen molar-refractivity contribution >= 4 is 29.0 Å². The highest BCUT2D eigenvalue weighted by Gasteiger charge is 2.18. The Morgan fingerprint density at radius 2 is 1.87 bits per heavy atom. The Kier molecular flexibility index (Phi) is 4.95. The molecule has 118 valence electrons. The van der Waals surface area contributed by atoms with Crippen molar-refractivity contribution in [3.8, 4) is 23.8 Å². The van der Waals surface area contributed by atoms with Crippen LogP contribution in [-0.2, 0) is 0 Å². The summed E-state index contributed by atoms with van der Waals surface area (Å²) in [7, 11) is 0. The number of ether oxygens (including phenoxy) is 1. The van der Waals surface area contributed by atoms with E-state index in [2.05, 4.69) is 15.8 Å². The Hall–Kier alpha value is -1.89. The highest BCUT2D eigenvalue weighted by molar-refractivity contribution is 6.34. The van der Waals surface area contributed by atoms with Crippen molar-refractivity contribution in [1.82, 2.24) is 4.98 Å². The van der Waals surface area contributed by atoms with Gasteiger partial charge in [0.25, 0.3) is 0 Å². The average molecular weight is 347 g/mol. The van der Waals surface area contributed by atoms with Crippen molar-refractivity contribution < 1.29 is 4.74 Å². The average Bonchev–Trinajstić information content (AvgIpc) is 2.59. The minimum Gasteiger partial charge on any atom is -0.454 e. The lowest BCUT2D eigenvalue weighted by Gasteiger charge is -2.28. The SMILES string of the molecule is C#Cc1ccc(Oc2ccnc(N3CCCCC3)c2Cl)c(Cl)c1. The lowest BCUT2D eigenvalue weighted by atomic mass is 10.1. The Labute approximate surface area is 146 Å². The summed E-state index contributed by atoms with van der Waals surface area (Å²) in [6, 6.07) is 6.95. The molecule has 0 radical (unpaired) electrons. The predicted octanol–water partition coefficient (Wildman–Crippen LogP) is 5.15. The third-order valence-electron chi connectivity index (χ3n) is 3.81. The summed E-state index contributed by atoms with van der Waals surface area (Å²) in [4.78, 5) is 6.60. The van der Waals surface area contributed by atoms with Crippen LogP contribution < -0.4 is 9.64 Å². The van der Waals surface area contributed by atoms with E-state index in [9.17, 15) is 0 Å². The van der Waals surface area contributed by atoms with Gasteiger partial charge < -0.3 is 9.64 Å². The first kappa shape index (κ1) is 16.0. The van der Waals surface area contributed by atoms with Crippen LogP contribution >= 0.6 is 23.2 Å². The highest BCUT2D eigenvalue weighted by Crippen LogP contribution is 2.38. The molecule has 3 rings (SSSR count). The summed E-state index contributed by atoms with van der Waals surface area (Å²) in [5, 5.41) is 0.958. The van der Waals surface area contributed by atoms with Gasteiger partial charge in [0.2, 0.25) is 0 Å². The van der Waals surface area contributed by atoms with Gasteiger partial charge in [0, 0.05) is 30.9 Å². The molecule has 2 aromatic rings. The quantitative estimate of drug-likeness (QED) is 0.718.